The molecule has 1 aromatic carbocycles. The van der Waals surface area contributed by atoms with Crippen LogP contribution in [0.1, 0.15) is 19.4 Å². The Hall–Kier alpha value is -1.75. The monoisotopic (exact) mass is 253 g/mol. The van der Waals surface area contributed by atoms with Gasteiger partial charge in [0.2, 0.25) is 0 Å². The zero-order valence-corrected chi connectivity index (χ0v) is 10.9. The Balaban J connectivity index is 2.67. The van der Waals surface area contributed by atoms with E-state index >= 15 is 0 Å². The number of aliphatic hydroxyl groups is 1. The van der Waals surface area contributed by atoms with Crippen molar-refractivity contribution in [1.82, 2.24) is 5.32 Å². The van der Waals surface area contributed by atoms with Crippen LogP contribution in [0.15, 0.2) is 18.2 Å². The number of ether oxygens (including phenoxy) is 2. The first-order valence-corrected chi connectivity index (χ1v) is 5.76. The second-order valence-corrected chi connectivity index (χ2v) is 4.14. The summed E-state index contributed by atoms with van der Waals surface area (Å²) in [6, 6.07) is 5.15. The highest BCUT2D eigenvalue weighted by atomic mass is 16.5. The van der Waals surface area contributed by atoms with Crippen LogP contribution in [0, 0.1) is 0 Å². The molecule has 0 bridgehead atoms. The number of aliphatic hydroxyl groups excluding tert-OH is 1. The first kappa shape index (κ1) is 14.3. The quantitative estimate of drug-likeness (QED) is 0.796. The molecular formula is C13H19NO4. The van der Waals surface area contributed by atoms with Gasteiger partial charge in [-0.05, 0) is 26.0 Å². The Bertz CT molecular complexity index is 404. The maximum atomic E-state index is 11.5. The number of hydrogen-bond acceptors (Lipinski definition) is 4. The number of amides is 1. The van der Waals surface area contributed by atoms with Crippen molar-refractivity contribution in [1.29, 1.82) is 0 Å². The normalized spacial score (nSPS) is 10.3. The molecule has 0 aromatic heterocycles. The van der Waals surface area contributed by atoms with Crippen LogP contribution >= 0.6 is 0 Å². The average molecular weight is 253 g/mol. The van der Waals surface area contributed by atoms with Gasteiger partial charge in [-0.1, -0.05) is 0 Å². The minimum atomic E-state index is -0.197. The van der Waals surface area contributed by atoms with E-state index in [9.17, 15) is 9.90 Å². The second kappa shape index (κ2) is 6.86. The lowest BCUT2D eigenvalue weighted by Gasteiger charge is -2.13. The van der Waals surface area contributed by atoms with Crippen LogP contribution in [-0.2, 0) is 11.4 Å². The summed E-state index contributed by atoms with van der Waals surface area (Å²) >= 11 is 0. The first-order valence-electron chi connectivity index (χ1n) is 5.76. The van der Waals surface area contributed by atoms with E-state index in [4.69, 9.17) is 9.47 Å². The van der Waals surface area contributed by atoms with E-state index < -0.39 is 0 Å². The third-order valence-corrected chi connectivity index (χ3v) is 2.25. The molecule has 0 spiro atoms. The summed E-state index contributed by atoms with van der Waals surface area (Å²) in [6.07, 6.45) is 0. The molecule has 0 radical (unpaired) electrons. The Morgan fingerprint density at radius 3 is 2.72 bits per heavy atom. The Kier molecular flexibility index (Phi) is 5.45. The molecule has 0 aliphatic heterocycles. The fourth-order valence-corrected chi connectivity index (χ4v) is 1.43. The second-order valence-electron chi connectivity index (χ2n) is 4.14. The predicted molar refractivity (Wildman–Crippen MR) is 67.7 cm³/mol. The van der Waals surface area contributed by atoms with Gasteiger partial charge in [-0.3, -0.25) is 4.79 Å². The van der Waals surface area contributed by atoms with Gasteiger partial charge in [0.25, 0.3) is 5.91 Å². The lowest BCUT2D eigenvalue weighted by molar-refractivity contribution is -0.123. The van der Waals surface area contributed by atoms with Gasteiger partial charge in [-0.25, -0.2) is 0 Å². The highest BCUT2D eigenvalue weighted by Gasteiger charge is 2.08. The summed E-state index contributed by atoms with van der Waals surface area (Å²) in [5.41, 5.74) is 0.619. The van der Waals surface area contributed by atoms with Crippen molar-refractivity contribution in [3.05, 3.63) is 23.8 Å². The van der Waals surface area contributed by atoms with Crippen molar-refractivity contribution in [3.63, 3.8) is 0 Å². The van der Waals surface area contributed by atoms with Gasteiger partial charge in [-0.2, -0.15) is 0 Å². The summed E-state index contributed by atoms with van der Waals surface area (Å²) in [5.74, 6) is 0.874. The maximum absolute atomic E-state index is 11.5. The molecule has 5 nitrogen and oxygen atoms in total. The number of benzene rings is 1. The van der Waals surface area contributed by atoms with Crippen LogP contribution in [0.5, 0.6) is 11.5 Å². The smallest absolute Gasteiger partial charge is 0.258 e. The third kappa shape index (κ3) is 4.25. The van der Waals surface area contributed by atoms with Crippen molar-refractivity contribution in [2.75, 3.05) is 13.7 Å². The van der Waals surface area contributed by atoms with Crippen molar-refractivity contribution < 1.29 is 19.4 Å². The lowest BCUT2D eigenvalue weighted by atomic mass is 10.2. The van der Waals surface area contributed by atoms with E-state index in [1.807, 2.05) is 13.8 Å². The SMILES string of the molecule is COc1ccc(CO)c(OCC(=O)NC(C)C)c1. The Labute approximate surface area is 107 Å². The van der Waals surface area contributed by atoms with Crippen LogP contribution in [-0.4, -0.2) is 30.8 Å². The van der Waals surface area contributed by atoms with Crippen LogP contribution in [0.3, 0.4) is 0 Å². The summed E-state index contributed by atoms with van der Waals surface area (Å²) in [7, 11) is 1.54. The van der Waals surface area contributed by atoms with Crippen molar-refractivity contribution >= 4 is 5.91 Å². The summed E-state index contributed by atoms with van der Waals surface area (Å²) in [5, 5.41) is 11.9. The molecule has 0 aliphatic carbocycles. The fraction of sp³-hybridized carbons (Fsp3) is 0.462. The minimum Gasteiger partial charge on any atom is -0.497 e. The van der Waals surface area contributed by atoms with Gasteiger partial charge in [0.15, 0.2) is 6.61 Å². The summed E-state index contributed by atoms with van der Waals surface area (Å²) in [6.45, 7) is 3.52. The molecule has 2 N–H and O–H groups in total. The highest BCUT2D eigenvalue weighted by Crippen LogP contribution is 2.24. The maximum Gasteiger partial charge on any atom is 0.258 e. The molecular weight excluding hydrogens is 234 g/mol. The van der Waals surface area contributed by atoms with Gasteiger partial charge in [0, 0.05) is 17.7 Å². The van der Waals surface area contributed by atoms with Crippen molar-refractivity contribution in [2.24, 2.45) is 0 Å². The first-order chi connectivity index (χ1) is 8.56. The number of carbonyl (C=O) groups is 1. The van der Waals surface area contributed by atoms with E-state index in [1.54, 1.807) is 25.3 Å². The van der Waals surface area contributed by atoms with E-state index in [0.29, 0.717) is 17.1 Å². The molecule has 18 heavy (non-hydrogen) atoms. The molecule has 100 valence electrons. The Morgan fingerprint density at radius 1 is 1.44 bits per heavy atom. The highest BCUT2D eigenvalue weighted by molar-refractivity contribution is 5.77. The predicted octanol–water partition coefficient (Wildman–Crippen LogP) is 1.09. The zero-order chi connectivity index (χ0) is 13.5. The molecule has 0 unspecified atom stereocenters. The van der Waals surface area contributed by atoms with Gasteiger partial charge in [-0.15, -0.1) is 0 Å². The van der Waals surface area contributed by atoms with E-state index in [1.165, 1.54) is 0 Å². The van der Waals surface area contributed by atoms with E-state index in [0.717, 1.165) is 0 Å². The largest absolute Gasteiger partial charge is 0.497 e. The minimum absolute atomic E-state index is 0.0729. The van der Waals surface area contributed by atoms with Gasteiger partial charge >= 0.3 is 0 Å². The standard InChI is InChI=1S/C13H19NO4/c1-9(2)14-13(16)8-18-12-6-11(17-3)5-4-10(12)7-15/h4-6,9,15H,7-8H2,1-3H3,(H,14,16). The topological polar surface area (TPSA) is 67.8 Å². The molecule has 1 amide bonds. The molecule has 0 saturated carbocycles. The molecule has 0 heterocycles. The van der Waals surface area contributed by atoms with Gasteiger partial charge < -0.3 is 19.9 Å². The number of methoxy groups -OCH3 is 1. The van der Waals surface area contributed by atoms with Gasteiger partial charge in [0.1, 0.15) is 11.5 Å². The summed E-state index contributed by atoms with van der Waals surface area (Å²) in [4.78, 5) is 11.5. The van der Waals surface area contributed by atoms with E-state index in [-0.39, 0.29) is 25.2 Å². The van der Waals surface area contributed by atoms with Crippen LogP contribution in [0.25, 0.3) is 0 Å². The van der Waals surface area contributed by atoms with Crippen molar-refractivity contribution in [3.8, 4) is 11.5 Å². The third-order valence-electron chi connectivity index (χ3n) is 2.25. The number of hydrogen-bond donors (Lipinski definition) is 2. The van der Waals surface area contributed by atoms with E-state index in [2.05, 4.69) is 5.32 Å². The Morgan fingerprint density at radius 2 is 2.17 bits per heavy atom. The lowest BCUT2D eigenvalue weighted by Crippen LogP contribution is -2.34. The average Bonchev–Trinajstić information content (AvgIpc) is 2.35. The molecule has 0 fully saturated rings. The molecule has 0 aliphatic rings. The summed E-state index contributed by atoms with van der Waals surface area (Å²) < 4.78 is 10.4. The van der Waals surface area contributed by atoms with Gasteiger partial charge in [0.05, 0.1) is 13.7 Å². The fourth-order valence-electron chi connectivity index (χ4n) is 1.43. The zero-order valence-electron chi connectivity index (χ0n) is 10.9. The van der Waals surface area contributed by atoms with Crippen molar-refractivity contribution in [2.45, 2.75) is 26.5 Å². The number of carbonyl (C=O) groups excluding carboxylic acids is 1. The molecule has 0 atom stereocenters. The molecule has 0 saturated heterocycles. The molecule has 1 rings (SSSR count). The van der Waals surface area contributed by atoms with Crippen LogP contribution in [0.4, 0.5) is 0 Å². The van der Waals surface area contributed by atoms with Crippen LogP contribution in [0.2, 0.25) is 0 Å². The number of rotatable bonds is 6. The molecule has 1 aromatic rings. The number of nitrogens with one attached hydrogen (secondary N) is 1. The van der Waals surface area contributed by atoms with Crippen LogP contribution < -0.4 is 14.8 Å². The molecule has 5 heteroatoms.